The van der Waals surface area contributed by atoms with Gasteiger partial charge in [-0.15, -0.1) is 0 Å². The largest absolute Gasteiger partial charge is 0.452 e. The molecular weight excluding hydrogens is 605 g/mol. The Labute approximate surface area is 221 Å². The summed E-state index contributed by atoms with van der Waals surface area (Å²) in [5, 5.41) is 7.24. The topological polar surface area (TPSA) is 63.3 Å². The number of alkyl halides is 3. The van der Waals surface area contributed by atoms with E-state index in [0.717, 1.165) is 10.2 Å². The Balaban J connectivity index is 1.56. The van der Waals surface area contributed by atoms with Crippen molar-refractivity contribution >= 4 is 49.3 Å². The Morgan fingerprint density at radius 3 is 2.33 bits per heavy atom. The van der Waals surface area contributed by atoms with Crippen LogP contribution in [-0.2, 0) is 6.54 Å². The van der Waals surface area contributed by atoms with Crippen molar-refractivity contribution in [2.45, 2.75) is 31.2 Å². The maximum atomic E-state index is 14.1. The molecule has 1 N–H and O–H groups in total. The van der Waals surface area contributed by atoms with Gasteiger partial charge in [-0.05, 0) is 61.7 Å². The fourth-order valence-corrected chi connectivity index (χ4v) is 5.07. The van der Waals surface area contributed by atoms with Gasteiger partial charge in [0.05, 0.1) is 17.1 Å². The number of hydrogen-bond acceptors (Lipinski definition) is 4. The van der Waals surface area contributed by atoms with Gasteiger partial charge in [0.2, 0.25) is 0 Å². The minimum absolute atomic E-state index is 0.0668. The number of nitrogens with zero attached hydrogens (tertiary/aromatic N) is 3. The van der Waals surface area contributed by atoms with Crippen LogP contribution in [0.4, 0.5) is 24.7 Å². The Bertz CT molecular complexity index is 1370. The Morgan fingerprint density at radius 1 is 1.06 bits per heavy atom. The second-order valence-electron chi connectivity index (χ2n) is 8.30. The van der Waals surface area contributed by atoms with Crippen LogP contribution in [0.2, 0.25) is 0 Å². The van der Waals surface area contributed by atoms with Crippen molar-refractivity contribution in [1.82, 2.24) is 9.78 Å². The van der Waals surface area contributed by atoms with Crippen LogP contribution in [0, 0.1) is 0 Å². The number of benzene rings is 2. The van der Waals surface area contributed by atoms with E-state index in [4.69, 9.17) is 4.42 Å². The summed E-state index contributed by atoms with van der Waals surface area (Å²) in [5.41, 5.74) is 1.35. The molecule has 1 aliphatic heterocycles. The van der Waals surface area contributed by atoms with Gasteiger partial charge in [-0.3, -0.25) is 4.79 Å². The van der Waals surface area contributed by atoms with Gasteiger partial charge in [-0.25, -0.2) is 4.68 Å². The summed E-state index contributed by atoms with van der Waals surface area (Å²) in [4.78, 5) is 15.3. The second-order valence-corrected chi connectivity index (χ2v) is 9.87. The summed E-state index contributed by atoms with van der Waals surface area (Å²) in [5.74, 6) is -0.116. The van der Waals surface area contributed by atoms with Gasteiger partial charge in [0, 0.05) is 12.1 Å². The number of para-hydroxylation sites is 1. The first-order chi connectivity index (χ1) is 17.2. The fraction of sp³-hybridized carbons (Fsp3) is 0.200. The van der Waals surface area contributed by atoms with Crippen LogP contribution in [-0.4, -0.2) is 21.9 Å². The van der Waals surface area contributed by atoms with Gasteiger partial charge < -0.3 is 14.6 Å². The molecular formula is C25H19Br2F3N4O2. The summed E-state index contributed by atoms with van der Waals surface area (Å²) in [6.07, 6.45) is -4.93. The number of hydrogen-bond donors (Lipinski definition) is 1. The van der Waals surface area contributed by atoms with Crippen LogP contribution in [0.15, 0.2) is 86.4 Å². The number of rotatable bonds is 5. The first-order valence-electron chi connectivity index (χ1n) is 11.0. The summed E-state index contributed by atoms with van der Waals surface area (Å²) in [6, 6.07) is 18.8. The van der Waals surface area contributed by atoms with E-state index in [0.29, 0.717) is 16.1 Å². The van der Waals surface area contributed by atoms with Crippen molar-refractivity contribution in [3.63, 3.8) is 0 Å². The fourth-order valence-electron chi connectivity index (χ4n) is 4.21. The summed E-state index contributed by atoms with van der Waals surface area (Å²) < 4.78 is 49.3. The third-order valence-corrected chi connectivity index (χ3v) is 7.11. The van der Waals surface area contributed by atoms with E-state index in [2.05, 4.69) is 42.3 Å². The Hall–Kier alpha value is -3.05. The number of fused-ring (bicyclic) bond motifs is 1. The monoisotopic (exact) mass is 622 g/mol. The number of anilines is 2. The number of halogens is 5. The molecule has 6 nitrogen and oxygen atoms in total. The van der Waals surface area contributed by atoms with Gasteiger partial charge in [-0.1, -0.05) is 48.5 Å². The Kier molecular flexibility index (Phi) is 6.69. The standard InChI is InChI=1S/C25H19Br2F3N4O2/c26-20-12-11-18(36-20)17-13-19(25(28,29)30)34-23(31-17)21(27)22(32-34)24(35)33(16-9-5-2-6-10-16)14-15-7-3-1-4-8-15/h1-12,17,19,31H,13-14H2/t17-,19-/m0/s1. The van der Waals surface area contributed by atoms with Gasteiger partial charge >= 0.3 is 6.18 Å². The van der Waals surface area contributed by atoms with Gasteiger partial charge in [0.1, 0.15) is 11.6 Å². The van der Waals surface area contributed by atoms with Crippen LogP contribution in [0.1, 0.15) is 40.3 Å². The highest BCUT2D eigenvalue weighted by Gasteiger charge is 2.48. The van der Waals surface area contributed by atoms with E-state index in [1.807, 2.05) is 36.4 Å². The molecule has 0 bridgehead atoms. The molecule has 11 heteroatoms. The lowest BCUT2D eigenvalue weighted by molar-refractivity contribution is -0.174. The third-order valence-electron chi connectivity index (χ3n) is 5.93. The third kappa shape index (κ3) is 4.81. The molecule has 2 aromatic carbocycles. The molecule has 0 radical (unpaired) electrons. The Morgan fingerprint density at radius 2 is 1.72 bits per heavy atom. The smallest absolute Gasteiger partial charge is 0.410 e. The summed E-state index contributed by atoms with van der Waals surface area (Å²) in [7, 11) is 0. The van der Waals surface area contributed by atoms with E-state index in [-0.39, 0.29) is 29.0 Å². The van der Waals surface area contributed by atoms with Crippen molar-refractivity contribution < 1.29 is 22.4 Å². The number of aromatic nitrogens is 2. The predicted octanol–water partition coefficient (Wildman–Crippen LogP) is 7.51. The minimum Gasteiger partial charge on any atom is -0.452 e. The molecule has 186 valence electrons. The maximum absolute atomic E-state index is 14.1. The molecule has 36 heavy (non-hydrogen) atoms. The molecule has 3 heterocycles. The highest BCUT2D eigenvalue weighted by molar-refractivity contribution is 9.10. The lowest BCUT2D eigenvalue weighted by Gasteiger charge is -2.32. The first-order valence-corrected chi connectivity index (χ1v) is 12.6. The molecule has 0 saturated carbocycles. The van der Waals surface area contributed by atoms with Crippen LogP contribution in [0.25, 0.3) is 0 Å². The van der Waals surface area contributed by atoms with Crippen molar-refractivity contribution in [3.8, 4) is 0 Å². The average molecular weight is 624 g/mol. The maximum Gasteiger partial charge on any atom is 0.410 e. The molecule has 1 aliphatic rings. The van der Waals surface area contributed by atoms with Crippen molar-refractivity contribution in [1.29, 1.82) is 0 Å². The van der Waals surface area contributed by atoms with Crippen molar-refractivity contribution in [3.05, 3.63) is 99.0 Å². The molecule has 5 rings (SSSR count). The molecule has 1 amide bonds. The molecule has 4 aromatic rings. The van der Waals surface area contributed by atoms with Crippen LogP contribution < -0.4 is 10.2 Å². The zero-order valence-electron chi connectivity index (χ0n) is 18.5. The molecule has 2 atom stereocenters. The van der Waals surface area contributed by atoms with E-state index in [1.54, 1.807) is 36.4 Å². The molecule has 0 spiro atoms. The molecule has 0 aliphatic carbocycles. The first kappa shape index (κ1) is 24.6. The molecule has 0 fully saturated rings. The van der Waals surface area contributed by atoms with Crippen molar-refractivity contribution in [2.75, 3.05) is 10.2 Å². The van der Waals surface area contributed by atoms with E-state index in [9.17, 15) is 18.0 Å². The number of carbonyl (C=O) groups is 1. The van der Waals surface area contributed by atoms with E-state index in [1.165, 1.54) is 4.90 Å². The number of amides is 1. The van der Waals surface area contributed by atoms with Gasteiger partial charge in [0.25, 0.3) is 5.91 Å². The minimum atomic E-state index is -4.59. The molecule has 2 aromatic heterocycles. The average Bonchev–Trinajstić information content (AvgIpc) is 3.45. The molecule has 0 saturated heterocycles. The van der Waals surface area contributed by atoms with Gasteiger partial charge in [-0.2, -0.15) is 18.3 Å². The lowest BCUT2D eigenvalue weighted by atomic mass is 10.0. The van der Waals surface area contributed by atoms with Gasteiger partial charge in [0.15, 0.2) is 16.4 Å². The number of nitrogens with one attached hydrogen (secondary N) is 1. The number of furan rings is 1. The SMILES string of the molecule is O=C(c1nn2c(c1Br)N[C@H](c1ccc(Br)o1)C[C@H]2C(F)(F)F)N(Cc1ccccc1)c1ccccc1. The number of carbonyl (C=O) groups excluding carboxylic acids is 1. The van der Waals surface area contributed by atoms with E-state index >= 15 is 0 Å². The predicted molar refractivity (Wildman–Crippen MR) is 136 cm³/mol. The highest BCUT2D eigenvalue weighted by Crippen LogP contribution is 2.47. The highest BCUT2D eigenvalue weighted by atomic mass is 79.9. The van der Waals surface area contributed by atoms with Crippen LogP contribution in [0.3, 0.4) is 0 Å². The zero-order valence-corrected chi connectivity index (χ0v) is 21.7. The van der Waals surface area contributed by atoms with Crippen LogP contribution in [0.5, 0.6) is 0 Å². The van der Waals surface area contributed by atoms with Crippen LogP contribution >= 0.6 is 31.9 Å². The van der Waals surface area contributed by atoms with E-state index < -0.39 is 24.2 Å². The summed E-state index contributed by atoms with van der Waals surface area (Å²) >= 11 is 6.56. The normalized spacial score (nSPS) is 17.4. The van der Waals surface area contributed by atoms with Crippen molar-refractivity contribution in [2.24, 2.45) is 0 Å². The molecule has 0 unspecified atom stereocenters. The zero-order chi connectivity index (χ0) is 25.4. The summed E-state index contributed by atoms with van der Waals surface area (Å²) in [6.45, 7) is 0.220. The lowest BCUT2D eigenvalue weighted by Crippen LogP contribution is -2.36. The second kappa shape index (κ2) is 9.78. The quantitative estimate of drug-likeness (QED) is 0.250.